The molecule has 166 valence electrons. The minimum Gasteiger partial charge on any atom is -0.467 e. The predicted molar refractivity (Wildman–Crippen MR) is 124 cm³/mol. The average Bonchev–Trinajstić information content (AvgIpc) is 3.41. The van der Waals surface area contributed by atoms with Gasteiger partial charge in [0.1, 0.15) is 11.3 Å². The maximum Gasteiger partial charge on any atom is 0.280 e. The van der Waals surface area contributed by atoms with E-state index in [4.69, 9.17) is 21.0 Å². The second-order valence-corrected chi connectivity index (χ2v) is 8.53. The van der Waals surface area contributed by atoms with Gasteiger partial charge >= 0.3 is 0 Å². The third-order valence-corrected chi connectivity index (χ3v) is 6.14. The lowest BCUT2D eigenvalue weighted by molar-refractivity contribution is -0.118. The molecule has 1 aromatic carbocycles. The largest absolute Gasteiger partial charge is 0.467 e. The van der Waals surface area contributed by atoms with Gasteiger partial charge in [-0.25, -0.2) is 4.98 Å². The van der Waals surface area contributed by atoms with Gasteiger partial charge in [0.05, 0.1) is 24.3 Å². The zero-order valence-electron chi connectivity index (χ0n) is 17.7. The summed E-state index contributed by atoms with van der Waals surface area (Å²) in [5, 5.41) is 8.40. The summed E-state index contributed by atoms with van der Waals surface area (Å²) < 4.78 is 8.63. The normalized spacial score (nSPS) is 11.2. The number of amides is 1. The number of halogens is 1. The van der Waals surface area contributed by atoms with Gasteiger partial charge < -0.3 is 9.73 Å². The number of rotatable bonds is 8. The second-order valence-electron chi connectivity index (χ2n) is 7.16. The molecule has 0 aliphatic rings. The first-order chi connectivity index (χ1) is 15.5. The smallest absolute Gasteiger partial charge is 0.280 e. The van der Waals surface area contributed by atoms with Crippen molar-refractivity contribution in [1.29, 1.82) is 0 Å². The maximum absolute atomic E-state index is 13.3. The van der Waals surface area contributed by atoms with Gasteiger partial charge in [-0.1, -0.05) is 35.5 Å². The molecule has 10 heteroatoms. The monoisotopic (exact) mass is 471 g/mol. The zero-order valence-corrected chi connectivity index (χ0v) is 19.2. The Morgan fingerprint density at radius 2 is 2.03 bits per heavy atom. The number of furan rings is 1. The van der Waals surface area contributed by atoms with Crippen LogP contribution in [0, 0.1) is 6.92 Å². The molecule has 3 heterocycles. The number of carbonyl (C=O) groups is 1. The molecule has 4 aromatic rings. The zero-order chi connectivity index (χ0) is 22.7. The van der Waals surface area contributed by atoms with Crippen LogP contribution >= 0.6 is 23.4 Å². The molecule has 4 rings (SSSR count). The first kappa shape index (κ1) is 22.2. The topological polar surface area (TPSA) is 95.0 Å². The Morgan fingerprint density at radius 1 is 1.25 bits per heavy atom. The fourth-order valence-corrected chi connectivity index (χ4v) is 4.26. The molecule has 0 aliphatic carbocycles. The molecule has 1 N–H and O–H groups in total. The van der Waals surface area contributed by atoms with E-state index in [9.17, 15) is 9.59 Å². The lowest BCUT2D eigenvalue weighted by Crippen LogP contribution is -2.27. The van der Waals surface area contributed by atoms with Crippen molar-refractivity contribution in [2.24, 2.45) is 0 Å². The van der Waals surface area contributed by atoms with E-state index in [1.807, 2.05) is 26.0 Å². The molecule has 3 aromatic heterocycles. The minimum atomic E-state index is -0.210. The summed E-state index contributed by atoms with van der Waals surface area (Å²) in [6, 6.07) is 10.9. The summed E-state index contributed by atoms with van der Waals surface area (Å²) in [6.45, 7) is 4.92. The molecular weight excluding hydrogens is 450 g/mol. The second kappa shape index (κ2) is 9.62. The van der Waals surface area contributed by atoms with Crippen LogP contribution in [0.4, 0.5) is 0 Å². The molecule has 0 saturated heterocycles. The molecule has 0 aliphatic heterocycles. The van der Waals surface area contributed by atoms with Gasteiger partial charge in [-0.2, -0.15) is 5.10 Å². The van der Waals surface area contributed by atoms with Crippen molar-refractivity contribution < 1.29 is 9.21 Å². The van der Waals surface area contributed by atoms with Crippen LogP contribution in [0.15, 0.2) is 57.0 Å². The number of thioether (sulfide) groups is 1. The predicted octanol–water partition coefficient (Wildman–Crippen LogP) is 3.62. The Kier molecular flexibility index (Phi) is 6.66. The van der Waals surface area contributed by atoms with Crippen molar-refractivity contribution in [3.63, 3.8) is 0 Å². The Bertz CT molecular complexity index is 1300. The average molecular weight is 472 g/mol. The molecule has 0 spiro atoms. The van der Waals surface area contributed by atoms with E-state index in [2.05, 4.69) is 10.4 Å². The summed E-state index contributed by atoms with van der Waals surface area (Å²) in [6.07, 6.45) is 1.56. The van der Waals surface area contributed by atoms with Crippen molar-refractivity contribution in [2.75, 3.05) is 5.75 Å². The lowest BCUT2D eigenvalue weighted by atomic mass is 10.2. The van der Waals surface area contributed by atoms with Crippen LogP contribution in [-0.2, 0) is 24.4 Å². The summed E-state index contributed by atoms with van der Waals surface area (Å²) in [4.78, 5) is 30.5. The Labute approximate surface area is 193 Å². The summed E-state index contributed by atoms with van der Waals surface area (Å²) in [5.41, 5.74) is 2.42. The molecule has 0 atom stereocenters. The molecule has 1 amide bonds. The van der Waals surface area contributed by atoms with Gasteiger partial charge in [-0.3, -0.25) is 18.8 Å². The minimum absolute atomic E-state index is 0.116. The van der Waals surface area contributed by atoms with Crippen molar-refractivity contribution in [1.82, 2.24) is 24.6 Å². The number of nitrogens with zero attached hydrogens (tertiary/aromatic N) is 4. The number of fused-ring (bicyclic) bond motifs is 1. The summed E-state index contributed by atoms with van der Waals surface area (Å²) >= 11 is 7.10. The lowest BCUT2D eigenvalue weighted by Gasteiger charge is -2.12. The highest BCUT2D eigenvalue weighted by molar-refractivity contribution is 7.99. The quantitative estimate of drug-likeness (QED) is 0.311. The van der Waals surface area contributed by atoms with Crippen LogP contribution in [0.2, 0.25) is 5.02 Å². The van der Waals surface area contributed by atoms with Crippen LogP contribution in [0.3, 0.4) is 0 Å². The number of hydrogen-bond donors (Lipinski definition) is 1. The van der Waals surface area contributed by atoms with Crippen molar-refractivity contribution in [3.8, 4) is 0 Å². The third-order valence-electron chi connectivity index (χ3n) is 4.91. The van der Waals surface area contributed by atoms with Crippen molar-refractivity contribution in [2.45, 2.75) is 38.6 Å². The van der Waals surface area contributed by atoms with E-state index < -0.39 is 0 Å². The number of carbonyl (C=O) groups excluding carboxylic acids is 1. The van der Waals surface area contributed by atoms with Crippen LogP contribution in [0.5, 0.6) is 0 Å². The molecule has 0 saturated carbocycles. The Hall–Kier alpha value is -3.04. The SMILES string of the molecule is CCn1nc(C)c2nc(SCC(=O)NCc3ccc(Cl)cc3)n(Cc3ccco3)c(=O)c21. The summed E-state index contributed by atoms with van der Waals surface area (Å²) in [5.74, 6) is 0.580. The fourth-order valence-electron chi connectivity index (χ4n) is 3.31. The number of benzene rings is 1. The molecular formula is C22H22ClN5O3S. The first-order valence-electron chi connectivity index (χ1n) is 10.1. The van der Waals surface area contributed by atoms with Gasteiger partial charge in [0.15, 0.2) is 10.7 Å². The molecule has 8 nitrogen and oxygen atoms in total. The highest BCUT2D eigenvalue weighted by Gasteiger charge is 2.19. The molecule has 0 bridgehead atoms. The number of aryl methyl sites for hydroxylation is 2. The van der Waals surface area contributed by atoms with E-state index in [-0.39, 0.29) is 23.8 Å². The van der Waals surface area contributed by atoms with Crippen molar-refractivity contribution >= 4 is 40.3 Å². The van der Waals surface area contributed by atoms with Crippen LogP contribution < -0.4 is 10.9 Å². The maximum atomic E-state index is 13.3. The molecule has 0 radical (unpaired) electrons. The van der Waals surface area contributed by atoms with E-state index in [1.165, 1.54) is 16.3 Å². The van der Waals surface area contributed by atoms with E-state index in [0.29, 0.717) is 45.8 Å². The van der Waals surface area contributed by atoms with Gasteiger partial charge in [0.2, 0.25) is 5.91 Å². The first-order valence-corrected chi connectivity index (χ1v) is 11.5. The van der Waals surface area contributed by atoms with Crippen LogP contribution in [0.1, 0.15) is 23.9 Å². The van der Waals surface area contributed by atoms with Gasteiger partial charge in [0, 0.05) is 18.1 Å². The Morgan fingerprint density at radius 3 is 2.72 bits per heavy atom. The van der Waals surface area contributed by atoms with Gasteiger partial charge in [-0.15, -0.1) is 0 Å². The third kappa shape index (κ3) is 4.73. The molecule has 0 fully saturated rings. The van der Waals surface area contributed by atoms with Gasteiger partial charge in [-0.05, 0) is 43.7 Å². The summed E-state index contributed by atoms with van der Waals surface area (Å²) in [7, 11) is 0. The highest BCUT2D eigenvalue weighted by atomic mass is 35.5. The fraction of sp³-hybridized carbons (Fsp3) is 0.273. The van der Waals surface area contributed by atoms with E-state index in [0.717, 1.165) is 5.56 Å². The highest BCUT2D eigenvalue weighted by Crippen LogP contribution is 2.21. The Balaban J connectivity index is 1.57. The van der Waals surface area contributed by atoms with E-state index in [1.54, 1.807) is 35.2 Å². The number of hydrogen-bond acceptors (Lipinski definition) is 6. The van der Waals surface area contributed by atoms with Gasteiger partial charge in [0.25, 0.3) is 5.56 Å². The van der Waals surface area contributed by atoms with Crippen LogP contribution in [-0.4, -0.2) is 31.0 Å². The van der Waals surface area contributed by atoms with Crippen molar-refractivity contribution in [3.05, 3.63) is 75.1 Å². The molecule has 32 heavy (non-hydrogen) atoms. The standard InChI is InChI=1S/C22H22ClN5O3S/c1-3-28-20-19(14(2)26-28)25-22(27(21(20)30)12-17-5-4-10-31-17)32-13-18(29)24-11-15-6-8-16(23)9-7-15/h4-10H,3,11-13H2,1-2H3,(H,24,29). The number of aromatic nitrogens is 4. The molecule has 0 unspecified atom stereocenters. The van der Waals surface area contributed by atoms with E-state index >= 15 is 0 Å². The van der Waals surface area contributed by atoms with Crippen LogP contribution in [0.25, 0.3) is 11.0 Å². The number of nitrogens with one attached hydrogen (secondary N) is 1.